The first-order chi connectivity index (χ1) is 8.15. The largest absolute Gasteiger partial charge is 0.363 e. The number of rotatable bonds is 2. The van der Waals surface area contributed by atoms with Crippen LogP contribution in [0, 0.1) is 6.92 Å². The summed E-state index contributed by atoms with van der Waals surface area (Å²) >= 11 is 3.36. The van der Waals surface area contributed by atoms with Crippen LogP contribution in [-0.2, 0) is 0 Å². The summed E-state index contributed by atoms with van der Waals surface area (Å²) in [4.78, 5) is 11.6. The molecule has 0 radical (unpaired) electrons. The van der Waals surface area contributed by atoms with E-state index < -0.39 is 0 Å². The van der Waals surface area contributed by atoms with E-state index in [4.69, 9.17) is 0 Å². The molecule has 2 rings (SSSR count). The molecule has 2 aromatic rings. The molecule has 0 aliphatic rings. The number of halogens is 1. The van der Waals surface area contributed by atoms with Crippen LogP contribution >= 0.6 is 15.9 Å². The number of carbonyl (C=O) groups excluding carboxylic acids is 1. The van der Waals surface area contributed by atoms with Crippen molar-refractivity contribution < 1.29 is 9.32 Å². The fourth-order valence-corrected chi connectivity index (χ4v) is 1.79. The van der Waals surface area contributed by atoms with E-state index in [1.165, 1.54) is 6.26 Å². The summed E-state index contributed by atoms with van der Waals surface area (Å²) in [6, 6.07) is 6.81. The van der Waals surface area contributed by atoms with E-state index in [2.05, 4.69) is 36.2 Å². The Morgan fingerprint density at radius 3 is 2.82 bits per heavy atom. The maximum atomic E-state index is 11.6. The molecule has 5 nitrogen and oxygen atoms in total. The predicted octanol–water partition coefficient (Wildman–Crippen LogP) is 3.39. The van der Waals surface area contributed by atoms with Crippen molar-refractivity contribution in [1.82, 2.24) is 5.16 Å². The quantitative estimate of drug-likeness (QED) is 0.892. The number of nitrogens with one attached hydrogen (secondary N) is 2. The van der Waals surface area contributed by atoms with Crippen molar-refractivity contribution in [3.05, 3.63) is 40.6 Å². The normalized spacial score (nSPS) is 10.0. The van der Waals surface area contributed by atoms with Gasteiger partial charge in [0.25, 0.3) is 0 Å². The van der Waals surface area contributed by atoms with Crippen LogP contribution in [0.1, 0.15) is 5.56 Å². The zero-order valence-electron chi connectivity index (χ0n) is 9.03. The molecule has 0 aliphatic carbocycles. The Labute approximate surface area is 106 Å². The molecule has 0 fully saturated rings. The smallest absolute Gasteiger partial charge is 0.324 e. The number of urea groups is 1. The van der Waals surface area contributed by atoms with Crippen molar-refractivity contribution in [2.75, 3.05) is 10.6 Å². The first-order valence-corrected chi connectivity index (χ1v) is 5.69. The third-order valence-electron chi connectivity index (χ3n) is 2.12. The minimum Gasteiger partial charge on any atom is -0.363 e. The Balaban J connectivity index is 2.03. The summed E-state index contributed by atoms with van der Waals surface area (Å²) in [6.45, 7) is 1.91. The number of hydrogen-bond acceptors (Lipinski definition) is 3. The van der Waals surface area contributed by atoms with Crippen molar-refractivity contribution in [2.24, 2.45) is 0 Å². The van der Waals surface area contributed by atoms with Gasteiger partial charge in [-0.2, -0.15) is 0 Å². The number of aromatic nitrogens is 1. The number of aryl methyl sites for hydroxylation is 1. The van der Waals surface area contributed by atoms with E-state index in [1.54, 1.807) is 6.07 Å². The molecule has 6 heteroatoms. The van der Waals surface area contributed by atoms with E-state index in [0.29, 0.717) is 5.82 Å². The van der Waals surface area contributed by atoms with Gasteiger partial charge >= 0.3 is 6.03 Å². The van der Waals surface area contributed by atoms with Crippen LogP contribution in [-0.4, -0.2) is 11.2 Å². The van der Waals surface area contributed by atoms with E-state index in [-0.39, 0.29) is 6.03 Å². The molecule has 0 atom stereocenters. The van der Waals surface area contributed by atoms with Crippen molar-refractivity contribution in [3.8, 4) is 0 Å². The number of carbonyl (C=O) groups is 1. The van der Waals surface area contributed by atoms with Crippen LogP contribution in [0.15, 0.2) is 39.5 Å². The zero-order chi connectivity index (χ0) is 12.3. The summed E-state index contributed by atoms with van der Waals surface area (Å²) in [5.74, 6) is 0.372. The van der Waals surface area contributed by atoms with Gasteiger partial charge in [0.15, 0.2) is 5.82 Å². The standard InChI is InChI=1S/C11H10BrN3O2/c1-7-6-8(12)2-3-9(7)13-11(16)14-10-4-5-17-15-10/h2-6H,1H3,(H2,13,14,15,16). The van der Waals surface area contributed by atoms with Gasteiger partial charge < -0.3 is 9.84 Å². The first-order valence-electron chi connectivity index (χ1n) is 4.90. The molecule has 0 unspecified atom stereocenters. The topological polar surface area (TPSA) is 67.2 Å². The van der Waals surface area contributed by atoms with Crippen LogP contribution in [0.3, 0.4) is 0 Å². The minimum absolute atomic E-state index is 0.357. The lowest BCUT2D eigenvalue weighted by Gasteiger charge is -2.08. The summed E-state index contributed by atoms with van der Waals surface area (Å²) in [5.41, 5.74) is 1.71. The highest BCUT2D eigenvalue weighted by Gasteiger charge is 2.06. The van der Waals surface area contributed by atoms with Crippen LogP contribution in [0.5, 0.6) is 0 Å². The van der Waals surface area contributed by atoms with Crippen LogP contribution in [0.4, 0.5) is 16.3 Å². The van der Waals surface area contributed by atoms with Crippen LogP contribution in [0.25, 0.3) is 0 Å². The van der Waals surface area contributed by atoms with Gasteiger partial charge in [0, 0.05) is 16.2 Å². The van der Waals surface area contributed by atoms with E-state index in [1.807, 2.05) is 25.1 Å². The highest BCUT2D eigenvalue weighted by Crippen LogP contribution is 2.20. The van der Waals surface area contributed by atoms with Gasteiger partial charge in [0.05, 0.1) is 0 Å². The Morgan fingerprint density at radius 2 is 2.18 bits per heavy atom. The third-order valence-corrected chi connectivity index (χ3v) is 2.61. The van der Waals surface area contributed by atoms with Gasteiger partial charge in [-0.3, -0.25) is 5.32 Å². The highest BCUT2D eigenvalue weighted by atomic mass is 79.9. The van der Waals surface area contributed by atoms with Crippen molar-refractivity contribution >= 4 is 33.5 Å². The Bertz CT molecular complexity index is 526. The van der Waals surface area contributed by atoms with Gasteiger partial charge in [0.1, 0.15) is 6.26 Å². The summed E-state index contributed by atoms with van der Waals surface area (Å²) in [7, 11) is 0. The molecule has 0 bridgehead atoms. The Kier molecular flexibility index (Phi) is 3.43. The first kappa shape index (κ1) is 11.7. The molecule has 1 aromatic carbocycles. The van der Waals surface area contributed by atoms with Crippen molar-refractivity contribution in [2.45, 2.75) is 6.92 Å². The lowest BCUT2D eigenvalue weighted by Crippen LogP contribution is -2.20. The SMILES string of the molecule is Cc1cc(Br)ccc1NC(=O)Nc1ccon1. The average Bonchev–Trinajstić information content (AvgIpc) is 2.75. The lowest BCUT2D eigenvalue weighted by atomic mass is 10.2. The molecular weight excluding hydrogens is 286 g/mol. The average molecular weight is 296 g/mol. The van der Waals surface area contributed by atoms with Gasteiger partial charge in [-0.25, -0.2) is 4.79 Å². The van der Waals surface area contributed by atoms with E-state index >= 15 is 0 Å². The lowest BCUT2D eigenvalue weighted by molar-refractivity contribution is 0.262. The molecular formula is C11H10BrN3O2. The molecule has 0 saturated carbocycles. The summed E-state index contributed by atoms with van der Waals surface area (Å²) in [6.07, 6.45) is 1.39. The molecule has 2 amide bonds. The molecule has 0 spiro atoms. The molecule has 1 aromatic heterocycles. The van der Waals surface area contributed by atoms with Crippen molar-refractivity contribution in [3.63, 3.8) is 0 Å². The van der Waals surface area contributed by atoms with E-state index in [0.717, 1.165) is 15.7 Å². The summed E-state index contributed by atoms with van der Waals surface area (Å²) < 4.78 is 5.58. The highest BCUT2D eigenvalue weighted by molar-refractivity contribution is 9.10. The Hall–Kier alpha value is -1.82. The molecule has 0 saturated heterocycles. The number of nitrogens with zero attached hydrogens (tertiary/aromatic N) is 1. The second-order valence-corrected chi connectivity index (χ2v) is 4.34. The van der Waals surface area contributed by atoms with Crippen LogP contribution in [0.2, 0.25) is 0 Å². The number of hydrogen-bond donors (Lipinski definition) is 2. The second-order valence-electron chi connectivity index (χ2n) is 3.42. The Morgan fingerprint density at radius 1 is 1.35 bits per heavy atom. The number of benzene rings is 1. The maximum Gasteiger partial charge on any atom is 0.324 e. The number of amides is 2. The monoisotopic (exact) mass is 295 g/mol. The molecule has 17 heavy (non-hydrogen) atoms. The second kappa shape index (κ2) is 5.01. The van der Waals surface area contributed by atoms with Crippen molar-refractivity contribution in [1.29, 1.82) is 0 Å². The molecule has 88 valence electrons. The number of anilines is 2. The molecule has 0 aliphatic heterocycles. The molecule has 1 heterocycles. The van der Waals surface area contributed by atoms with Gasteiger partial charge in [-0.15, -0.1) is 0 Å². The van der Waals surface area contributed by atoms with E-state index in [9.17, 15) is 4.79 Å². The van der Waals surface area contributed by atoms with Crippen LogP contribution < -0.4 is 10.6 Å². The minimum atomic E-state index is -0.357. The fraction of sp³-hybridized carbons (Fsp3) is 0.0909. The van der Waals surface area contributed by atoms with Gasteiger partial charge in [-0.1, -0.05) is 21.1 Å². The van der Waals surface area contributed by atoms with Gasteiger partial charge in [0.2, 0.25) is 0 Å². The fourth-order valence-electron chi connectivity index (χ4n) is 1.31. The predicted molar refractivity (Wildman–Crippen MR) is 68.0 cm³/mol. The van der Waals surface area contributed by atoms with Gasteiger partial charge in [-0.05, 0) is 30.7 Å². The third kappa shape index (κ3) is 3.07. The summed E-state index contributed by atoms with van der Waals surface area (Å²) in [5, 5.41) is 8.85. The molecule has 2 N–H and O–H groups in total. The maximum absolute atomic E-state index is 11.6. The zero-order valence-corrected chi connectivity index (χ0v) is 10.6.